The Morgan fingerprint density at radius 3 is 2.66 bits per heavy atom. The lowest BCUT2D eigenvalue weighted by Crippen LogP contribution is -2.25. The average Bonchev–Trinajstić information content (AvgIpc) is 3.05. The maximum Gasteiger partial charge on any atom is 0.220 e. The summed E-state index contributed by atoms with van der Waals surface area (Å²) in [6.45, 7) is 9.49. The molecule has 2 N–H and O–H groups in total. The molecule has 0 fully saturated rings. The van der Waals surface area contributed by atoms with E-state index in [1.807, 2.05) is 44.2 Å². The van der Waals surface area contributed by atoms with Crippen molar-refractivity contribution < 1.29 is 9.53 Å². The summed E-state index contributed by atoms with van der Waals surface area (Å²) in [5, 5.41) is 14.9. The molecule has 0 aliphatic carbocycles. The molecule has 0 saturated heterocycles. The number of anilines is 1. The third-order valence-corrected chi connectivity index (χ3v) is 4.79. The number of amides is 1. The summed E-state index contributed by atoms with van der Waals surface area (Å²) in [7, 11) is 1.66. The van der Waals surface area contributed by atoms with Gasteiger partial charge >= 0.3 is 0 Å². The smallest absolute Gasteiger partial charge is 0.220 e. The monoisotopic (exact) mass is 398 g/mol. The summed E-state index contributed by atoms with van der Waals surface area (Å²) in [6.07, 6.45) is 2.39. The van der Waals surface area contributed by atoms with Crippen LogP contribution in [0, 0.1) is 19.8 Å². The number of hydrogen-bond donors (Lipinski definition) is 2. The highest BCUT2D eigenvalue weighted by Gasteiger charge is 2.15. The SMILES string of the molecule is COc1cc(C)c2c(c1)nc(NCCCCNC(=O)CC(C)C)c1nnc(C)n12. The molecule has 3 rings (SSSR count). The van der Waals surface area contributed by atoms with Crippen molar-refractivity contribution in [1.82, 2.24) is 24.9 Å². The standard InChI is InChI=1S/C21H30N6O2/c1-13(2)10-18(28)22-8-6-7-9-23-20-21-26-25-15(4)27(21)19-14(3)11-16(29-5)12-17(19)24-20/h11-13H,6-10H2,1-5H3,(H,22,28)(H,23,24). The van der Waals surface area contributed by atoms with Crippen molar-refractivity contribution in [2.75, 3.05) is 25.5 Å². The first kappa shape index (κ1) is 20.8. The number of carbonyl (C=O) groups excluding carboxylic acids is 1. The van der Waals surface area contributed by atoms with Crippen LogP contribution in [0.1, 0.15) is 44.5 Å². The number of benzene rings is 1. The van der Waals surface area contributed by atoms with Gasteiger partial charge in [-0.3, -0.25) is 9.20 Å². The summed E-state index contributed by atoms with van der Waals surface area (Å²) in [5.74, 6) is 2.79. The van der Waals surface area contributed by atoms with Crippen LogP contribution in [-0.4, -0.2) is 45.7 Å². The molecule has 2 aromatic heterocycles. The Hall–Kier alpha value is -2.90. The van der Waals surface area contributed by atoms with Gasteiger partial charge in [0.2, 0.25) is 11.6 Å². The lowest BCUT2D eigenvalue weighted by molar-refractivity contribution is -0.121. The maximum absolute atomic E-state index is 11.7. The van der Waals surface area contributed by atoms with Crippen molar-refractivity contribution in [1.29, 1.82) is 0 Å². The second kappa shape index (κ2) is 9.07. The van der Waals surface area contributed by atoms with Crippen molar-refractivity contribution in [3.05, 3.63) is 23.5 Å². The number of methoxy groups -OCH3 is 1. The molecule has 0 radical (unpaired) electrons. The summed E-state index contributed by atoms with van der Waals surface area (Å²) in [5.41, 5.74) is 3.60. The molecule has 0 atom stereocenters. The lowest BCUT2D eigenvalue weighted by Gasteiger charge is -2.13. The van der Waals surface area contributed by atoms with Crippen molar-refractivity contribution >= 4 is 28.4 Å². The molecule has 0 unspecified atom stereocenters. The van der Waals surface area contributed by atoms with Gasteiger partial charge in [0.05, 0.1) is 18.1 Å². The van der Waals surface area contributed by atoms with Crippen LogP contribution in [0.15, 0.2) is 12.1 Å². The molecule has 0 saturated carbocycles. The third kappa shape index (κ3) is 4.75. The Kier molecular flexibility index (Phi) is 6.51. The first-order chi connectivity index (χ1) is 13.9. The number of aromatic nitrogens is 4. The van der Waals surface area contributed by atoms with Gasteiger partial charge in [-0.05, 0) is 44.2 Å². The normalized spacial score (nSPS) is 11.4. The zero-order chi connectivity index (χ0) is 21.0. The Morgan fingerprint density at radius 2 is 1.93 bits per heavy atom. The van der Waals surface area contributed by atoms with E-state index in [2.05, 4.69) is 20.8 Å². The quantitative estimate of drug-likeness (QED) is 0.538. The highest BCUT2D eigenvalue weighted by atomic mass is 16.5. The molecule has 0 bridgehead atoms. The van der Waals surface area contributed by atoms with Gasteiger partial charge in [-0.1, -0.05) is 13.8 Å². The fourth-order valence-corrected chi connectivity index (χ4v) is 3.42. The zero-order valence-corrected chi connectivity index (χ0v) is 17.9. The highest BCUT2D eigenvalue weighted by Crippen LogP contribution is 2.28. The van der Waals surface area contributed by atoms with E-state index in [9.17, 15) is 4.79 Å². The van der Waals surface area contributed by atoms with Crippen molar-refractivity contribution in [3.8, 4) is 5.75 Å². The fourth-order valence-electron chi connectivity index (χ4n) is 3.42. The second-order valence-electron chi connectivity index (χ2n) is 7.76. The first-order valence-corrected chi connectivity index (χ1v) is 10.1. The summed E-state index contributed by atoms with van der Waals surface area (Å²) in [6, 6.07) is 3.92. The van der Waals surface area contributed by atoms with E-state index in [1.165, 1.54) is 0 Å². The van der Waals surface area contributed by atoms with Crippen LogP contribution >= 0.6 is 0 Å². The number of fused-ring (bicyclic) bond motifs is 3. The number of unbranched alkanes of at least 4 members (excludes halogenated alkanes) is 1. The van der Waals surface area contributed by atoms with Crippen LogP contribution in [0.2, 0.25) is 0 Å². The van der Waals surface area contributed by atoms with E-state index in [-0.39, 0.29) is 5.91 Å². The van der Waals surface area contributed by atoms with E-state index < -0.39 is 0 Å². The van der Waals surface area contributed by atoms with Gasteiger partial charge in [0, 0.05) is 25.6 Å². The van der Waals surface area contributed by atoms with Crippen LogP contribution in [0.4, 0.5) is 5.82 Å². The Morgan fingerprint density at radius 1 is 1.17 bits per heavy atom. The van der Waals surface area contributed by atoms with Crippen molar-refractivity contribution in [2.24, 2.45) is 5.92 Å². The summed E-state index contributed by atoms with van der Waals surface area (Å²) in [4.78, 5) is 16.5. The number of aryl methyl sites for hydroxylation is 2. The first-order valence-electron chi connectivity index (χ1n) is 10.1. The molecule has 0 spiro atoms. The number of hydrogen-bond acceptors (Lipinski definition) is 6. The minimum atomic E-state index is 0.120. The maximum atomic E-state index is 11.7. The Labute approximate surface area is 171 Å². The molecule has 3 aromatic rings. The molecular formula is C21H30N6O2. The van der Waals surface area contributed by atoms with Crippen LogP contribution in [-0.2, 0) is 4.79 Å². The van der Waals surface area contributed by atoms with Gasteiger partial charge < -0.3 is 15.4 Å². The second-order valence-corrected chi connectivity index (χ2v) is 7.76. The molecule has 0 aliphatic heterocycles. The number of rotatable bonds is 9. The fraction of sp³-hybridized carbons (Fsp3) is 0.524. The van der Waals surface area contributed by atoms with Gasteiger partial charge in [-0.15, -0.1) is 10.2 Å². The van der Waals surface area contributed by atoms with Gasteiger partial charge in [0.15, 0.2) is 5.82 Å². The molecule has 1 amide bonds. The van der Waals surface area contributed by atoms with Crippen LogP contribution < -0.4 is 15.4 Å². The zero-order valence-electron chi connectivity index (χ0n) is 17.9. The van der Waals surface area contributed by atoms with Gasteiger partial charge in [-0.25, -0.2) is 4.98 Å². The average molecular weight is 399 g/mol. The third-order valence-electron chi connectivity index (χ3n) is 4.79. The molecule has 1 aromatic carbocycles. The largest absolute Gasteiger partial charge is 0.497 e. The minimum Gasteiger partial charge on any atom is -0.497 e. The van der Waals surface area contributed by atoms with E-state index in [0.29, 0.717) is 30.3 Å². The summed E-state index contributed by atoms with van der Waals surface area (Å²) >= 11 is 0. The Bertz CT molecular complexity index is 1010. The Balaban J connectivity index is 1.70. The molecule has 2 heterocycles. The lowest BCUT2D eigenvalue weighted by atomic mass is 10.1. The van der Waals surface area contributed by atoms with Crippen LogP contribution in [0.3, 0.4) is 0 Å². The highest BCUT2D eigenvalue weighted by molar-refractivity contribution is 5.86. The predicted molar refractivity (Wildman–Crippen MR) is 115 cm³/mol. The molecule has 8 nitrogen and oxygen atoms in total. The number of nitrogens with one attached hydrogen (secondary N) is 2. The number of carbonyl (C=O) groups is 1. The predicted octanol–water partition coefficient (Wildman–Crippen LogP) is 3.26. The van der Waals surface area contributed by atoms with Gasteiger partial charge in [0.25, 0.3) is 0 Å². The molecule has 8 heteroatoms. The molecular weight excluding hydrogens is 368 g/mol. The minimum absolute atomic E-state index is 0.120. The van der Waals surface area contributed by atoms with E-state index in [4.69, 9.17) is 9.72 Å². The molecule has 156 valence electrons. The van der Waals surface area contributed by atoms with E-state index in [1.54, 1.807) is 7.11 Å². The number of nitrogens with zero attached hydrogens (tertiary/aromatic N) is 4. The molecule has 29 heavy (non-hydrogen) atoms. The van der Waals surface area contributed by atoms with Crippen molar-refractivity contribution in [3.63, 3.8) is 0 Å². The van der Waals surface area contributed by atoms with Crippen LogP contribution in [0.25, 0.3) is 16.7 Å². The van der Waals surface area contributed by atoms with E-state index >= 15 is 0 Å². The van der Waals surface area contributed by atoms with Crippen LogP contribution in [0.5, 0.6) is 5.75 Å². The summed E-state index contributed by atoms with van der Waals surface area (Å²) < 4.78 is 7.43. The van der Waals surface area contributed by atoms with E-state index in [0.717, 1.165) is 47.6 Å². The van der Waals surface area contributed by atoms with Gasteiger partial charge in [0.1, 0.15) is 11.6 Å². The molecule has 0 aliphatic rings. The van der Waals surface area contributed by atoms with Crippen molar-refractivity contribution in [2.45, 2.75) is 47.0 Å². The number of ether oxygens (including phenoxy) is 1. The topological polar surface area (TPSA) is 93.4 Å². The van der Waals surface area contributed by atoms with Gasteiger partial charge in [-0.2, -0.15) is 0 Å².